The van der Waals surface area contributed by atoms with E-state index in [4.69, 9.17) is 23.2 Å². The number of nitrogens with zero attached hydrogens (tertiary/aromatic N) is 1. The second kappa shape index (κ2) is 7.85. The Morgan fingerprint density at radius 2 is 1.79 bits per heavy atom. The number of rotatable bonds is 6. The van der Waals surface area contributed by atoms with Gasteiger partial charge < -0.3 is 4.90 Å². The largest absolute Gasteiger partial charge is 0.307 e. The molecular formula is C17H20Cl2N2O2S. The van der Waals surface area contributed by atoms with Crippen LogP contribution in [0.5, 0.6) is 0 Å². The van der Waals surface area contributed by atoms with Gasteiger partial charge in [0.25, 0.3) is 0 Å². The maximum Gasteiger partial charge on any atom is 0.241 e. The maximum absolute atomic E-state index is 12.7. The predicted molar refractivity (Wildman–Crippen MR) is 99.3 cm³/mol. The van der Waals surface area contributed by atoms with E-state index < -0.39 is 16.1 Å². The summed E-state index contributed by atoms with van der Waals surface area (Å²) in [5.74, 6) is 0. The van der Waals surface area contributed by atoms with Gasteiger partial charge in [-0.05, 0) is 56.4 Å². The van der Waals surface area contributed by atoms with Crippen molar-refractivity contribution in [2.75, 3.05) is 20.6 Å². The molecule has 0 fully saturated rings. The molecule has 0 aliphatic heterocycles. The van der Waals surface area contributed by atoms with Gasteiger partial charge in [-0.25, -0.2) is 13.1 Å². The van der Waals surface area contributed by atoms with Crippen LogP contribution in [0.3, 0.4) is 0 Å². The Morgan fingerprint density at radius 1 is 1.08 bits per heavy atom. The van der Waals surface area contributed by atoms with Crippen LogP contribution in [0.2, 0.25) is 10.0 Å². The van der Waals surface area contributed by atoms with E-state index in [2.05, 4.69) is 4.72 Å². The van der Waals surface area contributed by atoms with Gasteiger partial charge in [0.1, 0.15) is 0 Å². The maximum atomic E-state index is 12.7. The third-order valence-corrected chi connectivity index (χ3v) is 5.70. The van der Waals surface area contributed by atoms with Gasteiger partial charge in [0.15, 0.2) is 0 Å². The Morgan fingerprint density at radius 3 is 2.38 bits per heavy atom. The average Bonchev–Trinajstić information content (AvgIpc) is 2.48. The van der Waals surface area contributed by atoms with E-state index in [0.29, 0.717) is 16.6 Å². The first-order valence-electron chi connectivity index (χ1n) is 7.38. The molecular weight excluding hydrogens is 367 g/mol. The summed E-state index contributed by atoms with van der Waals surface area (Å²) in [6.07, 6.45) is 0. The van der Waals surface area contributed by atoms with Gasteiger partial charge in [-0.3, -0.25) is 0 Å². The first-order valence-corrected chi connectivity index (χ1v) is 9.61. The lowest BCUT2D eigenvalue weighted by Gasteiger charge is -2.23. The summed E-state index contributed by atoms with van der Waals surface area (Å²) in [6.45, 7) is 2.35. The van der Waals surface area contributed by atoms with Crippen molar-refractivity contribution >= 4 is 33.2 Å². The van der Waals surface area contributed by atoms with Gasteiger partial charge in [0, 0.05) is 6.54 Å². The Kier molecular flexibility index (Phi) is 6.28. The van der Waals surface area contributed by atoms with Crippen molar-refractivity contribution in [2.24, 2.45) is 0 Å². The summed E-state index contributed by atoms with van der Waals surface area (Å²) in [4.78, 5) is 2.15. The minimum Gasteiger partial charge on any atom is -0.307 e. The van der Waals surface area contributed by atoms with Gasteiger partial charge in [-0.15, -0.1) is 0 Å². The molecule has 1 N–H and O–H groups in total. The third kappa shape index (κ3) is 4.94. The number of hydrogen-bond donors (Lipinski definition) is 1. The van der Waals surface area contributed by atoms with Gasteiger partial charge in [0.2, 0.25) is 10.0 Å². The molecule has 2 rings (SSSR count). The normalized spacial score (nSPS) is 13.2. The summed E-state index contributed by atoms with van der Waals surface area (Å²) in [6, 6.07) is 11.5. The molecule has 0 heterocycles. The Labute approximate surface area is 153 Å². The average molecular weight is 387 g/mol. The van der Waals surface area contributed by atoms with Gasteiger partial charge in [0.05, 0.1) is 21.0 Å². The molecule has 24 heavy (non-hydrogen) atoms. The molecule has 0 unspecified atom stereocenters. The highest BCUT2D eigenvalue weighted by molar-refractivity contribution is 7.89. The van der Waals surface area contributed by atoms with E-state index >= 15 is 0 Å². The Balaban J connectivity index is 2.36. The van der Waals surface area contributed by atoms with E-state index in [0.717, 1.165) is 11.1 Å². The molecule has 0 aliphatic carbocycles. The van der Waals surface area contributed by atoms with Crippen LogP contribution < -0.4 is 4.72 Å². The van der Waals surface area contributed by atoms with Crippen molar-refractivity contribution in [1.82, 2.24) is 9.62 Å². The van der Waals surface area contributed by atoms with Crippen molar-refractivity contribution in [3.05, 3.63) is 63.6 Å². The van der Waals surface area contributed by atoms with Crippen LogP contribution in [0.1, 0.15) is 17.2 Å². The molecule has 4 nitrogen and oxygen atoms in total. The van der Waals surface area contributed by atoms with E-state index in [1.54, 1.807) is 36.4 Å². The van der Waals surface area contributed by atoms with Crippen LogP contribution in [-0.2, 0) is 10.0 Å². The smallest absolute Gasteiger partial charge is 0.241 e. The fourth-order valence-corrected chi connectivity index (χ4v) is 3.97. The van der Waals surface area contributed by atoms with Crippen LogP contribution in [0.15, 0.2) is 47.4 Å². The van der Waals surface area contributed by atoms with Crippen LogP contribution >= 0.6 is 23.2 Å². The van der Waals surface area contributed by atoms with Crippen LogP contribution in [-0.4, -0.2) is 34.0 Å². The quantitative estimate of drug-likeness (QED) is 0.818. The SMILES string of the molecule is Cc1cccc(S(=O)(=O)N[C@@H](CN(C)C)c2ccc(Cl)c(Cl)c2)c1. The highest BCUT2D eigenvalue weighted by Crippen LogP contribution is 2.27. The lowest BCUT2D eigenvalue weighted by Crippen LogP contribution is -2.35. The van der Waals surface area contributed by atoms with E-state index in [-0.39, 0.29) is 4.90 Å². The van der Waals surface area contributed by atoms with E-state index in [1.807, 2.05) is 32.0 Å². The second-order valence-corrected chi connectivity index (χ2v) is 8.45. The molecule has 0 amide bonds. The number of nitrogens with one attached hydrogen (secondary N) is 1. The molecule has 0 bridgehead atoms. The van der Waals surface area contributed by atoms with Crippen molar-refractivity contribution in [2.45, 2.75) is 17.9 Å². The molecule has 0 saturated carbocycles. The lowest BCUT2D eigenvalue weighted by atomic mass is 10.1. The molecule has 1 atom stereocenters. The van der Waals surface area contributed by atoms with E-state index in [9.17, 15) is 8.42 Å². The van der Waals surface area contributed by atoms with Crippen LogP contribution in [0.25, 0.3) is 0 Å². The number of likely N-dealkylation sites (N-methyl/N-ethyl adjacent to an activating group) is 1. The zero-order chi connectivity index (χ0) is 17.9. The lowest BCUT2D eigenvalue weighted by molar-refractivity contribution is 0.363. The van der Waals surface area contributed by atoms with Gasteiger partial charge in [-0.2, -0.15) is 0 Å². The van der Waals surface area contributed by atoms with Crippen molar-refractivity contribution in [1.29, 1.82) is 0 Å². The summed E-state index contributed by atoms with van der Waals surface area (Å²) in [7, 11) is 0.109. The van der Waals surface area contributed by atoms with Crippen LogP contribution in [0, 0.1) is 6.92 Å². The van der Waals surface area contributed by atoms with Crippen molar-refractivity contribution in [3.8, 4) is 0 Å². The number of hydrogen-bond acceptors (Lipinski definition) is 3. The molecule has 0 radical (unpaired) electrons. The zero-order valence-electron chi connectivity index (χ0n) is 13.8. The fourth-order valence-electron chi connectivity index (χ4n) is 2.34. The molecule has 0 aromatic heterocycles. The molecule has 0 aliphatic rings. The first-order chi connectivity index (χ1) is 11.2. The minimum atomic E-state index is -3.65. The summed E-state index contributed by atoms with van der Waals surface area (Å²) in [5.41, 5.74) is 1.64. The molecule has 2 aromatic rings. The fraction of sp³-hybridized carbons (Fsp3) is 0.294. The minimum absolute atomic E-state index is 0.242. The Bertz CT molecular complexity index is 823. The monoisotopic (exact) mass is 386 g/mol. The standard InChI is InChI=1S/C17H20Cl2N2O2S/c1-12-5-4-6-14(9-12)24(22,23)20-17(11-21(2)3)13-7-8-15(18)16(19)10-13/h4-10,17,20H,11H2,1-3H3/t17-/m0/s1. The summed E-state index contributed by atoms with van der Waals surface area (Å²) >= 11 is 12.0. The first kappa shape index (κ1) is 19.2. The Hall–Kier alpha value is -1.11. The summed E-state index contributed by atoms with van der Waals surface area (Å²) in [5, 5.41) is 0.832. The number of sulfonamides is 1. The van der Waals surface area contributed by atoms with Gasteiger partial charge >= 0.3 is 0 Å². The van der Waals surface area contributed by atoms with Crippen molar-refractivity contribution in [3.63, 3.8) is 0 Å². The molecule has 130 valence electrons. The number of aryl methyl sites for hydroxylation is 1. The molecule has 7 heteroatoms. The third-order valence-electron chi connectivity index (χ3n) is 3.49. The zero-order valence-corrected chi connectivity index (χ0v) is 16.1. The highest BCUT2D eigenvalue weighted by atomic mass is 35.5. The second-order valence-electron chi connectivity index (χ2n) is 5.93. The van der Waals surface area contributed by atoms with E-state index in [1.165, 1.54) is 0 Å². The number of halogens is 2. The van der Waals surface area contributed by atoms with Crippen molar-refractivity contribution < 1.29 is 8.42 Å². The number of benzene rings is 2. The van der Waals surface area contributed by atoms with Crippen LogP contribution in [0.4, 0.5) is 0 Å². The molecule has 2 aromatic carbocycles. The summed E-state index contributed by atoms with van der Waals surface area (Å²) < 4.78 is 28.2. The topological polar surface area (TPSA) is 49.4 Å². The highest BCUT2D eigenvalue weighted by Gasteiger charge is 2.22. The molecule has 0 saturated heterocycles. The predicted octanol–water partition coefficient (Wildman–Crippen LogP) is 3.88. The molecule has 0 spiro atoms. The van der Waals surface area contributed by atoms with Gasteiger partial charge in [-0.1, -0.05) is 41.4 Å².